The summed E-state index contributed by atoms with van der Waals surface area (Å²) in [6.07, 6.45) is -5.21. The molecule has 7 heteroatoms. The standard InChI is InChI=1S/C16H24O7/c1-9(2-3-10-4-6-11(18)7-5-10)22-16-15(21)14(20)13(19)12(8-17)23-16/h4-7,9,12-21H,2-3,8H2,1H3/t9-,12?,13-,14+,15?,16-/m1/s1. The zero-order valence-electron chi connectivity index (χ0n) is 12.9. The van der Waals surface area contributed by atoms with Crippen LogP contribution in [0.3, 0.4) is 0 Å². The molecule has 0 spiro atoms. The minimum atomic E-state index is -1.44. The topological polar surface area (TPSA) is 120 Å². The lowest BCUT2D eigenvalue weighted by atomic mass is 9.99. The summed E-state index contributed by atoms with van der Waals surface area (Å²) >= 11 is 0. The maximum atomic E-state index is 9.92. The first-order chi connectivity index (χ1) is 10.9. The zero-order valence-corrected chi connectivity index (χ0v) is 12.9. The van der Waals surface area contributed by atoms with E-state index in [1.807, 2.05) is 19.1 Å². The molecule has 5 N–H and O–H groups in total. The van der Waals surface area contributed by atoms with Gasteiger partial charge in [-0.3, -0.25) is 0 Å². The van der Waals surface area contributed by atoms with Crippen LogP contribution in [0.4, 0.5) is 0 Å². The predicted octanol–water partition coefficient (Wildman–Crippen LogP) is -0.470. The van der Waals surface area contributed by atoms with Gasteiger partial charge >= 0.3 is 0 Å². The molecule has 1 fully saturated rings. The lowest BCUT2D eigenvalue weighted by molar-refractivity contribution is -0.310. The van der Waals surface area contributed by atoms with Crippen molar-refractivity contribution in [3.8, 4) is 5.75 Å². The van der Waals surface area contributed by atoms with Crippen molar-refractivity contribution in [2.45, 2.75) is 56.6 Å². The van der Waals surface area contributed by atoms with Crippen LogP contribution in [0.2, 0.25) is 0 Å². The SMILES string of the molecule is C[C@H](CCc1ccc(O)cc1)O[C@@H]1OC(CO)[C@@H](O)[C@H](O)C1O. The van der Waals surface area contributed by atoms with E-state index in [1.54, 1.807) is 12.1 Å². The predicted molar refractivity (Wildman–Crippen MR) is 80.7 cm³/mol. The Kier molecular flexibility index (Phi) is 6.34. The van der Waals surface area contributed by atoms with Gasteiger partial charge in [-0.2, -0.15) is 0 Å². The van der Waals surface area contributed by atoms with Crippen LogP contribution in [0.1, 0.15) is 18.9 Å². The maximum Gasteiger partial charge on any atom is 0.186 e. The van der Waals surface area contributed by atoms with Crippen LogP contribution in [0, 0.1) is 0 Å². The lowest BCUT2D eigenvalue weighted by Gasteiger charge is -2.40. The highest BCUT2D eigenvalue weighted by Gasteiger charge is 2.44. The van der Waals surface area contributed by atoms with E-state index in [2.05, 4.69) is 0 Å². The number of rotatable bonds is 6. The fraction of sp³-hybridized carbons (Fsp3) is 0.625. The van der Waals surface area contributed by atoms with Gasteiger partial charge in [0.05, 0.1) is 12.7 Å². The second kappa shape index (κ2) is 8.05. The third kappa shape index (κ3) is 4.63. The van der Waals surface area contributed by atoms with E-state index in [0.717, 1.165) is 5.56 Å². The second-order valence-corrected chi connectivity index (χ2v) is 5.85. The molecule has 0 radical (unpaired) electrons. The minimum absolute atomic E-state index is 0.208. The molecule has 0 amide bonds. The molecule has 1 aromatic rings. The Morgan fingerprint density at radius 2 is 1.74 bits per heavy atom. The molecule has 2 rings (SSSR count). The van der Waals surface area contributed by atoms with Crippen molar-refractivity contribution in [1.82, 2.24) is 0 Å². The van der Waals surface area contributed by atoms with E-state index in [4.69, 9.17) is 14.6 Å². The quantitative estimate of drug-likeness (QED) is 0.479. The van der Waals surface area contributed by atoms with Crippen LogP contribution in [0.5, 0.6) is 5.75 Å². The van der Waals surface area contributed by atoms with Crippen molar-refractivity contribution in [1.29, 1.82) is 0 Å². The van der Waals surface area contributed by atoms with Crippen LogP contribution in [-0.2, 0) is 15.9 Å². The number of aliphatic hydroxyl groups is 4. The van der Waals surface area contributed by atoms with Crippen molar-refractivity contribution >= 4 is 0 Å². The summed E-state index contributed by atoms with van der Waals surface area (Å²) in [5.74, 6) is 0.208. The van der Waals surface area contributed by atoms with Gasteiger partial charge in [-0.15, -0.1) is 0 Å². The number of benzene rings is 1. The summed E-state index contributed by atoms with van der Waals surface area (Å²) in [6.45, 7) is 1.33. The van der Waals surface area contributed by atoms with Gasteiger partial charge in [-0.05, 0) is 37.5 Å². The van der Waals surface area contributed by atoms with E-state index in [9.17, 15) is 20.4 Å². The minimum Gasteiger partial charge on any atom is -0.508 e. The molecule has 1 saturated heterocycles. The summed E-state index contributed by atoms with van der Waals surface area (Å²) in [6, 6.07) is 6.85. The van der Waals surface area contributed by atoms with Crippen LogP contribution in [-0.4, -0.2) is 68.9 Å². The van der Waals surface area contributed by atoms with Gasteiger partial charge in [-0.1, -0.05) is 12.1 Å². The summed E-state index contributed by atoms with van der Waals surface area (Å²) in [7, 11) is 0. The molecule has 6 atom stereocenters. The van der Waals surface area contributed by atoms with Crippen molar-refractivity contribution in [3.63, 3.8) is 0 Å². The second-order valence-electron chi connectivity index (χ2n) is 5.85. The number of phenols is 1. The smallest absolute Gasteiger partial charge is 0.186 e. The number of ether oxygens (including phenoxy) is 2. The highest BCUT2D eigenvalue weighted by molar-refractivity contribution is 5.25. The van der Waals surface area contributed by atoms with Crippen molar-refractivity contribution < 1.29 is 35.0 Å². The van der Waals surface area contributed by atoms with E-state index in [-0.39, 0.29) is 11.9 Å². The molecule has 7 nitrogen and oxygen atoms in total. The molecule has 1 aliphatic rings. The normalized spacial score (nSPS) is 32.7. The van der Waals surface area contributed by atoms with Crippen molar-refractivity contribution in [2.75, 3.05) is 6.61 Å². The fourth-order valence-corrected chi connectivity index (χ4v) is 2.51. The van der Waals surface area contributed by atoms with Crippen molar-refractivity contribution in [3.05, 3.63) is 29.8 Å². The first-order valence-corrected chi connectivity index (χ1v) is 7.66. The molecular formula is C16H24O7. The number of hydrogen-bond acceptors (Lipinski definition) is 7. The molecule has 1 heterocycles. The average Bonchev–Trinajstić information content (AvgIpc) is 2.55. The lowest BCUT2D eigenvalue weighted by Crippen LogP contribution is -2.59. The van der Waals surface area contributed by atoms with Gasteiger partial charge in [0, 0.05) is 0 Å². The van der Waals surface area contributed by atoms with Gasteiger partial charge in [0.1, 0.15) is 30.2 Å². The molecule has 0 aromatic heterocycles. The van der Waals surface area contributed by atoms with Crippen LogP contribution < -0.4 is 0 Å². The summed E-state index contributed by atoms with van der Waals surface area (Å²) in [5.41, 5.74) is 1.03. The molecular weight excluding hydrogens is 304 g/mol. The summed E-state index contributed by atoms with van der Waals surface area (Å²) < 4.78 is 10.9. The van der Waals surface area contributed by atoms with E-state index < -0.39 is 37.3 Å². The number of aryl methyl sites for hydroxylation is 1. The maximum absolute atomic E-state index is 9.92. The van der Waals surface area contributed by atoms with Crippen molar-refractivity contribution in [2.24, 2.45) is 0 Å². The van der Waals surface area contributed by atoms with Gasteiger partial charge in [0.2, 0.25) is 0 Å². The number of phenolic OH excluding ortho intramolecular Hbond substituents is 1. The average molecular weight is 328 g/mol. The first-order valence-electron chi connectivity index (χ1n) is 7.66. The molecule has 1 aromatic carbocycles. The number of aromatic hydroxyl groups is 1. The number of hydrogen-bond donors (Lipinski definition) is 5. The third-order valence-corrected chi connectivity index (χ3v) is 3.99. The third-order valence-electron chi connectivity index (χ3n) is 3.99. The van der Waals surface area contributed by atoms with E-state index >= 15 is 0 Å². The highest BCUT2D eigenvalue weighted by Crippen LogP contribution is 2.23. The molecule has 0 aliphatic carbocycles. The van der Waals surface area contributed by atoms with E-state index in [1.165, 1.54) is 0 Å². The molecule has 1 aliphatic heterocycles. The summed E-state index contributed by atoms with van der Waals surface area (Å²) in [5, 5.41) is 47.7. The Morgan fingerprint density at radius 1 is 1.09 bits per heavy atom. The van der Waals surface area contributed by atoms with E-state index in [0.29, 0.717) is 12.8 Å². The highest BCUT2D eigenvalue weighted by atomic mass is 16.7. The van der Waals surface area contributed by atoms with Gasteiger partial charge in [-0.25, -0.2) is 0 Å². The molecule has 0 bridgehead atoms. The Labute approximate surface area is 134 Å². The summed E-state index contributed by atoms with van der Waals surface area (Å²) in [4.78, 5) is 0. The van der Waals surface area contributed by atoms with Gasteiger partial charge in [0.25, 0.3) is 0 Å². The van der Waals surface area contributed by atoms with Crippen LogP contribution in [0.25, 0.3) is 0 Å². The van der Waals surface area contributed by atoms with Crippen LogP contribution in [0.15, 0.2) is 24.3 Å². The van der Waals surface area contributed by atoms with Gasteiger partial charge in [0.15, 0.2) is 6.29 Å². The first kappa shape index (κ1) is 18.1. The largest absolute Gasteiger partial charge is 0.508 e. The van der Waals surface area contributed by atoms with Crippen LogP contribution >= 0.6 is 0 Å². The fourth-order valence-electron chi connectivity index (χ4n) is 2.51. The molecule has 0 saturated carbocycles. The Balaban J connectivity index is 1.86. The molecule has 23 heavy (non-hydrogen) atoms. The monoisotopic (exact) mass is 328 g/mol. The Morgan fingerprint density at radius 3 is 2.35 bits per heavy atom. The zero-order chi connectivity index (χ0) is 17.0. The number of aliphatic hydroxyl groups excluding tert-OH is 4. The Hall–Kier alpha value is -1.22. The Bertz CT molecular complexity index is 476. The molecule has 130 valence electrons. The molecule has 2 unspecified atom stereocenters. The van der Waals surface area contributed by atoms with Gasteiger partial charge < -0.3 is 35.0 Å².